The summed E-state index contributed by atoms with van der Waals surface area (Å²) in [5, 5.41) is 0. The van der Waals surface area contributed by atoms with E-state index >= 15 is 0 Å². The average Bonchev–Trinajstić information content (AvgIpc) is 3.32. The second kappa shape index (κ2) is 7.08. The Balaban J connectivity index is 1.26. The predicted octanol–water partition coefficient (Wildman–Crippen LogP) is 6.62. The van der Waals surface area contributed by atoms with Crippen molar-refractivity contribution >= 4 is 0 Å². The number of ether oxygens (including phenoxy) is 3. The Morgan fingerprint density at radius 3 is 2.69 bits per heavy atom. The van der Waals surface area contributed by atoms with E-state index in [0.29, 0.717) is 28.8 Å². The number of allylic oxidation sites excluding steroid dienone is 2. The molecule has 180 valence electrons. The standard InChI is InChI=1S/C29H46O3/c1-18-9-11-27(4)20(13-18)7-8-21-22(27)10-12-28(5)23(21)14-24-25(28)19(2)29(32-24)15-26(3,16-30-6)17-31-29/h7,18-19,21-25H,8-17H2,1-6H3. The van der Waals surface area contributed by atoms with Gasteiger partial charge in [0.1, 0.15) is 0 Å². The van der Waals surface area contributed by atoms with Gasteiger partial charge < -0.3 is 14.2 Å². The molecule has 0 aromatic rings. The Morgan fingerprint density at radius 2 is 1.91 bits per heavy atom. The molecule has 5 fully saturated rings. The molecular formula is C29H46O3. The van der Waals surface area contributed by atoms with Crippen LogP contribution in [0.25, 0.3) is 0 Å². The van der Waals surface area contributed by atoms with Crippen molar-refractivity contribution < 1.29 is 14.2 Å². The predicted molar refractivity (Wildman–Crippen MR) is 127 cm³/mol. The van der Waals surface area contributed by atoms with E-state index in [2.05, 4.69) is 40.7 Å². The Hall–Kier alpha value is -0.380. The second-order valence-corrected chi connectivity index (χ2v) is 13.9. The van der Waals surface area contributed by atoms with Crippen LogP contribution >= 0.6 is 0 Å². The first kappa shape index (κ1) is 22.1. The molecule has 6 rings (SSSR count). The maximum absolute atomic E-state index is 6.98. The van der Waals surface area contributed by atoms with Gasteiger partial charge in [0.05, 0.1) is 19.3 Å². The van der Waals surface area contributed by atoms with E-state index < -0.39 is 0 Å². The lowest BCUT2D eigenvalue weighted by Gasteiger charge is -2.58. The van der Waals surface area contributed by atoms with Gasteiger partial charge in [0, 0.05) is 24.9 Å². The molecule has 3 heteroatoms. The Kier molecular flexibility index (Phi) is 4.89. The smallest absolute Gasteiger partial charge is 0.172 e. The molecule has 4 aliphatic carbocycles. The average molecular weight is 443 g/mol. The number of hydrogen-bond acceptors (Lipinski definition) is 3. The lowest BCUT2D eigenvalue weighted by atomic mass is 9.46. The fourth-order valence-corrected chi connectivity index (χ4v) is 10.3. The molecular weight excluding hydrogens is 396 g/mol. The Morgan fingerprint density at radius 1 is 1.09 bits per heavy atom. The minimum atomic E-state index is -0.376. The highest BCUT2D eigenvalue weighted by Crippen LogP contribution is 2.71. The van der Waals surface area contributed by atoms with Gasteiger partial charge in [0.15, 0.2) is 5.79 Å². The summed E-state index contributed by atoms with van der Waals surface area (Å²) in [4.78, 5) is 0. The van der Waals surface area contributed by atoms with E-state index in [4.69, 9.17) is 14.2 Å². The zero-order valence-electron chi connectivity index (χ0n) is 21.4. The van der Waals surface area contributed by atoms with Gasteiger partial charge in [0.25, 0.3) is 0 Å². The summed E-state index contributed by atoms with van der Waals surface area (Å²) in [5.41, 5.74) is 2.78. The Bertz CT molecular complexity index is 806. The lowest BCUT2D eigenvalue weighted by molar-refractivity contribution is -0.220. The highest BCUT2D eigenvalue weighted by molar-refractivity contribution is 5.26. The van der Waals surface area contributed by atoms with Crippen LogP contribution in [-0.4, -0.2) is 32.2 Å². The molecule has 32 heavy (non-hydrogen) atoms. The summed E-state index contributed by atoms with van der Waals surface area (Å²) in [6.45, 7) is 14.0. The van der Waals surface area contributed by atoms with Crippen LogP contribution in [0.1, 0.15) is 86.0 Å². The van der Waals surface area contributed by atoms with E-state index in [1.165, 1.54) is 44.9 Å². The maximum Gasteiger partial charge on any atom is 0.172 e. The highest BCUT2D eigenvalue weighted by atomic mass is 16.7. The molecule has 2 heterocycles. The summed E-state index contributed by atoms with van der Waals surface area (Å²) >= 11 is 0. The Labute approximate surface area is 196 Å². The molecule has 2 aliphatic heterocycles. The minimum absolute atomic E-state index is 0.0802. The summed E-state index contributed by atoms with van der Waals surface area (Å²) < 4.78 is 19.1. The molecule has 0 aromatic carbocycles. The topological polar surface area (TPSA) is 27.7 Å². The normalized spacial score (nSPS) is 58.8. The van der Waals surface area contributed by atoms with Crippen molar-refractivity contribution in [3.63, 3.8) is 0 Å². The fourth-order valence-electron chi connectivity index (χ4n) is 10.3. The molecule has 2 saturated heterocycles. The number of methoxy groups -OCH3 is 1. The van der Waals surface area contributed by atoms with Gasteiger partial charge in [-0.3, -0.25) is 0 Å². The zero-order chi connectivity index (χ0) is 22.5. The molecule has 0 aromatic heterocycles. The SMILES string of the molecule is COCC1(C)COC2(C1)OC1CC3C4CC=C5CC(C)CCC5(C)C4CCC3(C)C1C2C. The number of fused-ring (bicyclic) bond motifs is 7. The van der Waals surface area contributed by atoms with Crippen LogP contribution in [-0.2, 0) is 14.2 Å². The van der Waals surface area contributed by atoms with Crippen LogP contribution in [0.2, 0.25) is 0 Å². The van der Waals surface area contributed by atoms with E-state index in [-0.39, 0.29) is 11.2 Å². The van der Waals surface area contributed by atoms with Crippen LogP contribution in [0.4, 0.5) is 0 Å². The van der Waals surface area contributed by atoms with Crippen molar-refractivity contribution in [2.24, 2.45) is 51.8 Å². The van der Waals surface area contributed by atoms with Gasteiger partial charge in [-0.2, -0.15) is 0 Å². The van der Waals surface area contributed by atoms with E-state index in [0.717, 1.165) is 43.3 Å². The largest absolute Gasteiger partial charge is 0.384 e. The van der Waals surface area contributed by atoms with Crippen molar-refractivity contribution in [3.05, 3.63) is 11.6 Å². The molecule has 6 aliphatic rings. The monoisotopic (exact) mass is 442 g/mol. The van der Waals surface area contributed by atoms with Crippen molar-refractivity contribution in [2.45, 2.75) is 97.9 Å². The third-order valence-corrected chi connectivity index (χ3v) is 11.9. The third kappa shape index (κ3) is 2.83. The van der Waals surface area contributed by atoms with E-state index in [1.807, 2.05) is 12.7 Å². The van der Waals surface area contributed by atoms with Gasteiger partial charge in [0.2, 0.25) is 0 Å². The summed E-state index contributed by atoms with van der Waals surface area (Å²) in [7, 11) is 1.81. The van der Waals surface area contributed by atoms with Crippen molar-refractivity contribution in [2.75, 3.05) is 20.3 Å². The molecule has 1 spiro atoms. The van der Waals surface area contributed by atoms with Crippen molar-refractivity contribution in [1.29, 1.82) is 0 Å². The zero-order valence-corrected chi connectivity index (χ0v) is 21.4. The molecule has 0 N–H and O–H groups in total. The third-order valence-electron chi connectivity index (χ3n) is 11.9. The minimum Gasteiger partial charge on any atom is -0.384 e. The first-order valence-electron chi connectivity index (χ1n) is 13.6. The van der Waals surface area contributed by atoms with Gasteiger partial charge in [-0.15, -0.1) is 0 Å². The molecule has 0 amide bonds. The number of rotatable bonds is 2. The first-order chi connectivity index (χ1) is 15.1. The van der Waals surface area contributed by atoms with Gasteiger partial charge in [-0.1, -0.05) is 46.3 Å². The molecule has 11 atom stereocenters. The maximum atomic E-state index is 6.98. The van der Waals surface area contributed by atoms with Crippen molar-refractivity contribution in [1.82, 2.24) is 0 Å². The van der Waals surface area contributed by atoms with Gasteiger partial charge in [-0.25, -0.2) is 0 Å². The number of hydrogen-bond donors (Lipinski definition) is 0. The quantitative estimate of drug-likeness (QED) is 0.450. The van der Waals surface area contributed by atoms with Crippen LogP contribution in [0, 0.1) is 51.8 Å². The summed E-state index contributed by atoms with van der Waals surface area (Å²) in [6, 6.07) is 0. The van der Waals surface area contributed by atoms with E-state index in [1.54, 1.807) is 0 Å². The van der Waals surface area contributed by atoms with Crippen LogP contribution in [0.5, 0.6) is 0 Å². The molecule has 0 radical (unpaired) electrons. The van der Waals surface area contributed by atoms with E-state index in [9.17, 15) is 0 Å². The summed E-state index contributed by atoms with van der Waals surface area (Å²) in [5.74, 6) is 4.18. The molecule has 11 unspecified atom stereocenters. The van der Waals surface area contributed by atoms with Crippen LogP contribution in [0.3, 0.4) is 0 Å². The second-order valence-electron chi connectivity index (χ2n) is 13.9. The van der Waals surface area contributed by atoms with Crippen molar-refractivity contribution in [3.8, 4) is 0 Å². The first-order valence-corrected chi connectivity index (χ1v) is 13.6. The fraction of sp³-hybridized carbons (Fsp3) is 0.931. The van der Waals surface area contributed by atoms with Gasteiger partial charge in [-0.05, 0) is 85.4 Å². The molecule has 0 bridgehead atoms. The molecule has 3 saturated carbocycles. The van der Waals surface area contributed by atoms with Crippen LogP contribution < -0.4 is 0 Å². The summed E-state index contributed by atoms with van der Waals surface area (Å²) in [6.07, 6.45) is 13.7. The lowest BCUT2D eigenvalue weighted by Crippen LogP contribution is -2.51. The highest BCUT2D eigenvalue weighted by Gasteiger charge is 2.70. The van der Waals surface area contributed by atoms with Gasteiger partial charge >= 0.3 is 0 Å². The molecule has 3 nitrogen and oxygen atoms in total. The van der Waals surface area contributed by atoms with Crippen LogP contribution in [0.15, 0.2) is 11.6 Å².